The van der Waals surface area contributed by atoms with Crippen molar-refractivity contribution >= 4 is 33.3 Å². The van der Waals surface area contributed by atoms with Crippen molar-refractivity contribution in [2.75, 3.05) is 38.5 Å². The fourth-order valence-electron chi connectivity index (χ4n) is 5.02. The Balaban J connectivity index is 1.77. The first-order valence-electron chi connectivity index (χ1n) is 12.5. The molecule has 0 radical (unpaired) electrons. The van der Waals surface area contributed by atoms with Crippen LogP contribution in [-0.2, 0) is 14.2 Å². The third-order valence-corrected chi connectivity index (χ3v) is 8.18. The van der Waals surface area contributed by atoms with Gasteiger partial charge in [-0.25, -0.2) is 9.97 Å². The Morgan fingerprint density at radius 1 is 1.11 bits per heavy atom. The summed E-state index contributed by atoms with van der Waals surface area (Å²) in [6.45, 7) is 10.1. The van der Waals surface area contributed by atoms with Gasteiger partial charge in [-0.2, -0.15) is 4.98 Å². The van der Waals surface area contributed by atoms with Crippen LogP contribution in [0.5, 0.6) is 0 Å². The summed E-state index contributed by atoms with van der Waals surface area (Å²) in [7, 11) is 5.01. The molecule has 0 saturated heterocycles. The lowest BCUT2D eigenvalue weighted by Gasteiger charge is -2.31. The summed E-state index contributed by atoms with van der Waals surface area (Å²) in [6, 6.07) is 1.83. The quantitative estimate of drug-likeness (QED) is 0.356. The van der Waals surface area contributed by atoms with E-state index in [1.54, 1.807) is 38.9 Å². The zero-order valence-electron chi connectivity index (χ0n) is 22.8. The molecular weight excluding hydrogens is 492 g/mol. The molecule has 1 aliphatic rings. The van der Waals surface area contributed by atoms with Gasteiger partial charge in [-0.1, -0.05) is 0 Å². The lowest BCUT2D eigenvalue weighted by Crippen LogP contribution is -2.42. The number of hydrogen-bond acceptors (Lipinski definition) is 11. The van der Waals surface area contributed by atoms with Crippen LogP contribution in [0.25, 0.3) is 20.8 Å². The van der Waals surface area contributed by atoms with Crippen LogP contribution < -0.4 is 10.6 Å². The van der Waals surface area contributed by atoms with E-state index < -0.39 is 5.60 Å². The molecule has 4 rings (SSSR count). The van der Waals surface area contributed by atoms with E-state index in [0.717, 1.165) is 32.2 Å². The molecule has 1 saturated carbocycles. The molecule has 0 bridgehead atoms. The van der Waals surface area contributed by atoms with E-state index in [-0.39, 0.29) is 30.3 Å². The molecule has 5 atom stereocenters. The highest BCUT2D eigenvalue weighted by Crippen LogP contribution is 2.41. The Hall–Kier alpha value is -2.44. The number of aliphatic hydroxyl groups is 1. The topological polar surface area (TPSA) is 124 Å². The fourth-order valence-corrected chi connectivity index (χ4v) is 6.13. The zero-order chi connectivity index (χ0) is 26.9. The van der Waals surface area contributed by atoms with Crippen LogP contribution in [0.2, 0.25) is 0 Å². The Morgan fingerprint density at radius 2 is 1.84 bits per heavy atom. The molecule has 0 aromatic carbocycles. The summed E-state index contributed by atoms with van der Waals surface area (Å²) in [5, 5.41) is 18.6. The molecule has 11 heteroatoms. The van der Waals surface area contributed by atoms with Gasteiger partial charge in [0.2, 0.25) is 5.95 Å². The monoisotopic (exact) mass is 530 g/mol. The van der Waals surface area contributed by atoms with Gasteiger partial charge >= 0.3 is 0 Å². The van der Waals surface area contributed by atoms with Crippen LogP contribution in [-0.4, -0.2) is 82.9 Å². The molecular formula is C26H38N6O4S. The third kappa shape index (κ3) is 5.70. The molecule has 10 nitrogen and oxygen atoms in total. The van der Waals surface area contributed by atoms with E-state index in [4.69, 9.17) is 29.2 Å². The summed E-state index contributed by atoms with van der Waals surface area (Å²) in [5.41, 5.74) is 2.46. The predicted octanol–water partition coefficient (Wildman–Crippen LogP) is 3.81. The summed E-state index contributed by atoms with van der Waals surface area (Å²) < 4.78 is 18.1. The van der Waals surface area contributed by atoms with Gasteiger partial charge in [-0.15, -0.1) is 11.3 Å². The van der Waals surface area contributed by atoms with Gasteiger partial charge in [0.1, 0.15) is 22.4 Å². The number of aryl methyl sites for hydroxylation is 2. The molecule has 1 fully saturated rings. The van der Waals surface area contributed by atoms with Crippen molar-refractivity contribution in [3.8, 4) is 10.6 Å². The number of aromatic nitrogens is 4. The van der Waals surface area contributed by atoms with Gasteiger partial charge in [0.25, 0.3) is 0 Å². The van der Waals surface area contributed by atoms with Gasteiger partial charge in [0.15, 0.2) is 0 Å². The van der Waals surface area contributed by atoms with Gasteiger partial charge < -0.3 is 30.0 Å². The molecule has 0 amide bonds. The smallest absolute Gasteiger partial charge is 0.224 e. The minimum Gasteiger partial charge on any atom is -0.390 e. The number of anilines is 2. The maximum absolute atomic E-state index is 10.9. The number of nitrogens with one attached hydrogen (secondary N) is 2. The summed E-state index contributed by atoms with van der Waals surface area (Å²) in [4.78, 5) is 18.9. The van der Waals surface area contributed by atoms with Crippen LogP contribution in [0.3, 0.4) is 0 Å². The molecule has 3 aromatic heterocycles. The van der Waals surface area contributed by atoms with Gasteiger partial charge in [0.05, 0.1) is 45.5 Å². The zero-order valence-corrected chi connectivity index (χ0v) is 23.6. The number of hydrogen-bond donors (Lipinski definition) is 3. The van der Waals surface area contributed by atoms with Crippen molar-refractivity contribution in [2.45, 2.75) is 71.0 Å². The predicted molar refractivity (Wildman–Crippen MR) is 146 cm³/mol. The van der Waals surface area contributed by atoms with E-state index in [0.29, 0.717) is 24.7 Å². The van der Waals surface area contributed by atoms with Crippen LogP contribution in [0, 0.1) is 19.8 Å². The van der Waals surface area contributed by atoms with Gasteiger partial charge in [-0.3, -0.25) is 4.98 Å². The maximum Gasteiger partial charge on any atom is 0.224 e. The number of methoxy groups -OCH3 is 3. The number of nitrogens with zero attached hydrogens (tertiary/aromatic N) is 4. The number of thiazole rings is 1. The molecule has 0 aliphatic heterocycles. The number of ether oxygens (including phenoxy) is 3. The molecule has 1 aliphatic carbocycles. The van der Waals surface area contributed by atoms with Gasteiger partial charge in [-0.05, 0) is 47.1 Å². The molecule has 37 heavy (non-hydrogen) atoms. The highest BCUT2D eigenvalue weighted by Gasteiger charge is 2.50. The largest absolute Gasteiger partial charge is 0.390 e. The van der Waals surface area contributed by atoms with Crippen LogP contribution in [0.15, 0.2) is 12.3 Å². The summed E-state index contributed by atoms with van der Waals surface area (Å²) in [6.07, 6.45) is 1.90. The average Bonchev–Trinajstić information content (AvgIpc) is 3.44. The fraction of sp³-hybridized carbons (Fsp3) is 0.615. The first-order chi connectivity index (χ1) is 17.6. The molecule has 3 heterocycles. The van der Waals surface area contributed by atoms with Crippen molar-refractivity contribution in [1.82, 2.24) is 19.9 Å². The minimum absolute atomic E-state index is 0.00226. The van der Waals surface area contributed by atoms with E-state index >= 15 is 0 Å². The Kier molecular flexibility index (Phi) is 8.29. The number of pyridine rings is 1. The van der Waals surface area contributed by atoms with Crippen molar-refractivity contribution in [1.29, 1.82) is 0 Å². The van der Waals surface area contributed by atoms with Gasteiger partial charge in [0, 0.05) is 40.0 Å². The third-order valence-electron chi connectivity index (χ3n) is 7.14. The van der Waals surface area contributed by atoms with E-state index in [1.165, 1.54) is 0 Å². The lowest BCUT2D eigenvalue weighted by atomic mass is 9.87. The second-order valence-electron chi connectivity index (χ2n) is 10.2. The van der Waals surface area contributed by atoms with E-state index in [9.17, 15) is 5.11 Å². The second kappa shape index (κ2) is 11.1. The SMILES string of the molecule is CO[C@@H]1[C@H](OC)[C@@H](C(C)(C)O)C[C@H]1Nc1nc(NC[C@@H](C)OC)nc(C)c1-c1nc2c(C)nccc2s1. The van der Waals surface area contributed by atoms with E-state index in [2.05, 4.69) is 15.6 Å². The molecule has 3 aromatic rings. The Labute approximate surface area is 222 Å². The number of fused-ring (bicyclic) bond motifs is 1. The standard InChI is InChI=1S/C26H38N6O4S/c1-13(34-6)12-28-25-29-14(2)19(24-31-20-15(3)27-10-9-18(20)37-24)23(32-25)30-17-11-16(26(4,5)33)21(35-7)22(17)36-8/h9-10,13,16-17,21-22,33H,11-12H2,1-8H3,(H2,28,29,30,32)/t13-,16+,17-,21-,22+/m1/s1. The highest BCUT2D eigenvalue weighted by molar-refractivity contribution is 7.21. The number of rotatable bonds is 10. The van der Waals surface area contributed by atoms with E-state index in [1.807, 2.05) is 40.7 Å². The molecule has 0 spiro atoms. The molecule has 3 N–H and O–H groups in total. The van der Waals surface area contributed by atoms with Crippen molar-refractivity contribution < 1.29 is 19.3 Å². The lowest BCUT2D eigenvalue weighted by molar-refractivity contribution is -0.0871. The highest BCUT2D eigenvalue weighted by atomic mass is 32.1. The van der Waals surface area contributed by atoms with Crippen LogP contribution >= 0.6 is 11.3 Å². The van der Waals surface area contributed by atoms with Crippen molar-refractivity contribution in [2.24, 2.45) is 5.92 Å². The average molecular weight is 531 g/mol. The van der Waals surface area contributed by atoms with Crippen LogP contribution in [0.1, 0.15) is 38.6 Å². The molecule has 202 valence electrons. The Morgan fingerprint density at radius 3 is 2.46 bits per heavy atom. The summed E-state index contributed by atoms with van der Waals surface area (Å²) >= 11 is 1.59. The first kappa shape index (κ1) is 27.6. The van der Waals surface area contributed by atoms with Crippen molar-refractivity contribution in [3.63, 3.8) is 0 Å². The summed E-state index contributed by atoms with van der Waals surface area (Å²) in [5.74, 6) is 1.03. The second-order valence-corrected chi connectivity index (χ2v) is 11.2. The first-order valence-corrected chi connectivity index (χ1v) is 13.3. The van der Waals surface area contributed by atoms with Crippen molar-refractivity contribution in [3.05, 3.63) is 23.7 Å². The minimum atomic E-state index is -0.932. The van der Waals surface area contributed by atoms with Crippen LogP contribution in [0.4, 0.5) is 11.8 Å². The Bertz CT molecular complexity index is 1230. The molecule has 0 unspecified atom stereocenters. The maximum atomic E-state index is 10.9. The normalized spacial score (nSPS) is 22.9.